The van der Waals surface area contributed by atoms with E-state index < -0.39 is 5.60 Å². The van der Waals surface area contributed by atoms with E-state index in [0.717, 1.165) is 22.4 Å². The number of hydrogen-bond donors (Lipinski definition) is 1. The lowest BCUT2D eigenvalue weighted by Gasteiger charge is -2.27. The molecule has 5 heteroatoms. The van der Waals surface area contributed by atoms with Crippen LogP contribution in [0.15, 0.2) is 48.5 Å². The van der Waals surface area contributed by atoms with Gasteiger partial charge in [0.1, 0.15) is 11.4 Å². The predicted molar refractivity (Wildman–Crippen MR) is 111 cm³/mol. The number of benzene rings is 2. The van der Waals surface area contributed by atoms with E-state index in [9.17, 15) is 4.79 Å². The minimum Gasteiger partial charge on any atom is -0.497 e. The van der Waals surface area contributed by atoms with Crippen molar-refractivity contribution in [3.63, 3.8) is 0 Å². The van der Waals surface area contributed by atoms with Gasteiger partial charge in [0.15, 0.2) is 0 Å². The lowest BCUT2D eigenvalue weighted by molar-refractivity contribution is 0.0236. The van der Waals surface area contributed by atoms with E-state index in [0.29, 0.717) is 25.9 Å². The molecular formula is C23H31NO4. The fourth-order valence-corrected chi connectivity index (χ4v) is 2.81. The Morgan fingerprint density at radius 1 is 1.00 bits per heavy atom. The van der Waals surface area contributed by atoms with E-state index in [1.54, 1.807) is 12.0 Å². The van der Waals surface area contributed by atoms with Gasteiger partial charge in [0.05, 0.1) is 7.11 Å². The van der Waals surface area contributed by atoms with Crippen LogP contribution in [0.2, 0.25) is 0 Å². The van der Waals surface area contributed by atoms with E-state index in [2.05, 4.69) is 0 Å². The summed E-state index contributed by atoms with van der Waals surface area (Å²) in [6.45, 7) is 6.75. The zero-order valence-corrected chi connectivity index (χ0v) is 17.3. The standard InChI is InChI=1S/C23H31NO4/c1-23(2,3)28-22(26)24(14-12-19-6-5-7-21(16-19)27-4)17-20-10-8-18(9-11-20)13-15-25/h5-11,16,25H,12-15,17H2,1-4H3. The third-order valence-electron chi connectivity index (χ3n) is 4.25. The van der Waals surface area contributed by atoms with E-state index in [1.807, 2.05) is 69.3 Å². The fraction of sp³-hybridized carbons (Fsp3) is 0.435. The molecule has 0 saturated heterocycles. The highest BCUT2D eigenvalue weighted by Gasteiger charge is 2.22. The molecule has 152 valence electrons. The number of methoxy groups -OCH3 is 1. The summed E-state index contributed by atoms with van der Waals surface area (Å²) < 4.78 is 10.9. The minimum atomic E-state index is -0.545. The van der Waals surface area contributed by atoms with Crippen LogP contribution in [-0.4, -0.2) is 42.0 Å². The third-order valence-corrected chi connectivity index (χ3v) is 4.25. The second kappa shape index (κ2) is 10.1. The van der Waals surface area contributed by atoms with Crippen molar-refractivity contribution in [1.29, 1.82) is 0 Å². The van der Waals surface area contributed by atoms with Crippen LogP contribution in [0.4, 0.5) is 4.79 Å². The summed E-state index contributed by atoms with van der Waals surface area (Å²) in [5.41, 5.74) is 2.66. The zero-order valence-electron chi connectivity index (χ0n) is 17.3. The highest BCUT2D eigenvalue weighted by Crippen LogP contribution is 2.17. The van der Waals surface area contributed by atoms with Gasteiger partial charge < -0.3 is 19.5 Å². The molecule has 0 unspecified atom stereocenters. The van der Waals surface area contributed by atoms with Crippen molar-refractivity contribution < 1.29 is 19.4 Å². The summed E-state index contributed by atoms with van der Waals surface area (Å²) >= 11 is 0. The van der Waals surface area contributed by atoms with Crippen LogP contribution < -0.4 is 4.74 Å². The van der Waals surface area contributed by atoms with Crippen LogP contribution in [0.1, 0.15) is 37.5 Å². The lowest BCUT2D eigenvalue weighted by Crippen LogP contribution is -2.37. The minimum absolute atomic E-state index is 0.129. The molecule has 0 aliphatic rings. The highest BCUT2D eigenvalue weighted by atomic mass is 16.6. The molecule has 1 N–H and O–H groups in total. The van der Waals surface area contributed by atoms with Gasteiger partial charge in [0, 0.05) is 19.7 Å². The number of hydrogen-bond acceptors (Lipinski definition) is 4. The smallest absolute Gasteiger partial charge is 0.410 e. The number of nitrogens with zero attached hydrogens (tertiary/aromatic N) is 1. The van der Waals surface area contributed by atoms with E-state index in [4.69, 9.17) is 14.6 Å². The van der Waals surface area contributed by atoms with Gasteiger partial charge in [-0.1, -0.05) is 36.4 Å². The van der Waals surface area contributed by atoms with Crippen LogP contribution in [0.3, 0.4) is 0 Å². The molecule has 0 atom stereocenters. The summed E-state index contributed by atoms with van der Waals surface area (Å²) in [4.78, 5) is 14.5. The Morgan fingerprint density at radius 2 is 1.68 bits per heavy atom. The summed E-state index contributed by atoms with van der Waals surface area (Å²) in [5, 5.41) is 9.05. The van der Waals surface area contributed by atoms with E-state index >= 15 is 0 Å². The molecule has 5 nitrogen and oxygen atoms in total. The van der Waals surface area contributed by atoms with Gasteiger partial charge in [-0.15, -0.1) is 0 Å². The fourth-order valence-electron chi connectivity index (χ4n) is 2.81. The normalized spacial score (nSPS) is 11.2. The first-order valence-electron chi connectivity index (χ1n) is 9.60. The maximum absolute atomic E-state index is 12.7. The molecule has 2 aromatic rings. The summed E-state index contributed by atoms with van der Waals surface area (Å²) in [6, 6.07) is 15.8. The van der Waals surface area contributed by atoms with Gasteiger partial charge in [-0.3, -0.25) is 0 Å². The van der Waals surface area contributed by atoms with Crippen LogP contribution in [-0.2, 0) is 24.1 Å². The number of carbonyl (C=O) groups excluding carboxylic acids is 1. The Bertz CT molecular complexity index is 750. The third kappa shape index (κ3) is 7.24. The Balaban J connectivity index is 2.10. The Hall–Kier alpha value is -2.53. The van der Waals surface area contributed by atoms with Crippen molar-refractivity contribution in [2.75, 3.05) is 20.3 Å². The SMILES string of the molecule is COc1cccc(CCN(Cc2ccc(CCO)cc2)C(=O)OC(C)(C)C)c1. The van der Waals surface area contributed by atoms with Crippen LogP contribution in [0.5, 0.6) is 5.75 Å². The van der Waals surface area contributed by atoms with Gasteiger partial charge >= 0.3 is 6.09 Å². The van der Waals surface area contributed by atoms with Crippen LogP contribution >= 0.6 is 0 Å². The molecule has 0 bridgehead atoms. The molecule has 0 aromatic heterocycles. The van der Waals surface area contributed by atoms with Crippen molar-refractivity contribution in [2.24, 2.45) is 0 Å². The summed E-state index contributed by atoms with van der Waals surface area (Å²) in [5.74, 6) is 0.806. The number of aliphatic hydroxyl groups is 1. The molecule has 1 amide bonds. The van der Waals surface area contributed by atoms with Crippen LogP contribution in [0, 0.1) is 0 Å². The molecule has 0 radical (unpaired) electrons. The van der Waals surface area contributed by atoms with E-state index in [-0.39, 0.29) is 12.7 Å². The second-order valence-electron chi connectivity index (χ2n) is 7.79. The molecule has 0 aliphatic carbocycles. The second-order valence-corrected chi connectivity index (χ2v) is 7.79. The van der Waals surface area contributed by atoms with Crippen molar-refractivity contribution in [2.45, 2.75) is 45.8 Å². The van der Waals surface area contributed by atoms with Crippen molar-refractivity contribution in [1.82, 2.24) is 4.90 Å². The van der Waals surface area contributed by atoms with Gasteiger partial charge in [-0.25, -0.2) is 4.79 Å². The number of amides is 1. The van der Waals surface area contributed by atoms with Gasteiger partial charge in [-0.05, 0) is 62.4 Å². The Labute approximate surface area is 167 Å². The summed E-state index contributed by atoms with van der Waals surface area (Å²) in [6.07, 6.45) is 1.01. The molecule has 0 heterocycles. The van der Waals surface area contributed by atoms with Crippen LogP contribution in [0.25, 0.3) is 0 Å². The quantitative estimate of drug-likeness (QED) is 0.739. The van der Waals surface area contributed by atoms with Crippen molar-refractivity contribution in [3.8, 4) is 5.75 Å². The average molecular weight is 386 g/mol. The zero-order chi connectivity index (χ0) is 20.6. The van der Waals surface area contributed by atoms with Gasteiger partial charge in [-0.2, -0.15) is 0 Å². The first-order chi connectivity index (χ1) is 13.3. The van der Waals surface area contributed by atoms with Crippen molar-refractivity contribution >= 4 is 6.09 Å². The molecule has 0 aliphatic heterocycles. The molecule has 0 fully saturated rings. The average Bonchev–Trinajstić information content (AvgIpc) is 2.65. The van der Waals surface area contributed by atoms with E-state index in [1.165, 1.54) is 0 Å². The lowest BCUT2D eigenvalue weighted by atomic mass is 10.1. The topological polar surface area (TPSA) is 59.0 Å². The first kappa shape index (κ1) is 21.8. The largest absolute Gasteiger partial charge is 0.497 e. The number of ether oxygens (including phenoxy) is 2. The number of rotatable bonds is 8. The Kier molecular flexibility index (Phi) is 7.88. The van der Waals surface area contributed by atoms with Crippen molar-refractivity contribution in [3.05, 3.63) is 65.2 Å². The molecule has 28 heavy (non-hydrogen) atoms. The first-order valence-corrected chi connectivity index (χ1v) is 9.60. The van der Waals surface area contributed by atoms with Gasteiger partial charge in [0.2, 0.25) is 0 Å². The maximum atomic E-state index is 12.7. The predicted octanol–water partition coefficient (Wildman–Crippen LogP) is 4.21. The molecule has 0 spiro atoms. The monoisotopic (exact) mass is 385 g/mol. The molecule has 2 rings (SSSR count). The highest BCUT2D eigenvalue weighted by molar-refractivity contribution is 5.68. The molecular weight excluding hydrogens is 354 g/mol. The number of aliphatic hydroxyl groups excluding tert-OH is 1. The number of carbonyl (C=O) groups is 1. The Morgan fingerprint density at radius 3 is 2.29 bits per heavy atom. The summed E-state index contributed by atoms with van der Waals surface area (Å²) in [7, 11) is 1.65. The maximum Gasteiger partial charge on any atom is 0.410 e. The molecule has 0 saturated carbocycles. The van der Waals surface area contributed by atoms with Gasteiger partial charge in [0.25, 0.3) is 0 Å². The molecule has 2 aromatic carbocycles.